The van der Waals surface area contributed by atoms with Gasteiger partial charge in [-0.1, -0.05) is 39.0 Å². The van der Waals surface area contributed by atoms with Crippen molar-refractivity contribution in [2.24, 2.45) is 0 Å². The topological polar surface area (TPSA) is 95.5 Å². The van der Waals surface area contributed by atoms with Crippen LogP contribution < -0.4 is 10.0 Å². The molecule has 1 aliphatic carbocycles. The number of aromatic carboxylic acids is 1. The van der Waals surface area contributed by atoms with Gasteiger partial charge in [-0.15, -0.1) is 0 Å². The second kappa shape index (κ2) is 9.37. The fourth-order valence-corrected chi connectivity index (χ4v) is 4.78. The van der Waals surface area contributed by atoms with Crippen LogP contribution in [-0.2, 0) is 10.0 Å². The van der Waals surface area contributed by atoms with E-state index < -0.39 is 16.0 Å². The summed E-state index contributed by atoms with van der Waals surface area (Å²) in [6.07, 6.45) is 7.86. The van der Waals surface area contributed by atoms with E-state index in [0.717, 1.165) is 51.4 Å². The molecule has 0 radical (unpaired) electrons. The van der Waals surface area contributed by atoms with E-state index in [0.29, 0.717) is 5.69 Å². The number of hydrogen-bond acceptors (Lipinski definition) is 4. The predicted molar refractivity (Wildman–Crippen MR) is 103 cm³/mol. The highest BCUT2D eigenvalue weighted by molar-refractivity contribution is 7.89. The van der Waals surface area contributed by atoms with Crippen LogP contribution in [0, 0.1) is 0 Å². The summed E-state index contributed by atoms with van der Waals surface area (Å²) in [6, 6.07) is 4.33. The zero-order chi connectivity index (χ0) is 19.2. The van der Waals surface area contributed by atoms with Crippen molar-refractivity contribution in [3.63, 3.8) is 0 Å². The normalized spacial score (nSPS) is 17.5. The lowest BCUT2D eigenvalue weighted by Crippen LogP contribution is -2.34. The van der Waals surface area contributed by atoms with Crippen molar-refractivity contribution in [3.8, 4) is 0 Å². The van der Waals surface area contributed by atoms with Gasteiger partial charge in [0, 0.05) is 17.8 Å². The summed E-state index contributed by atoms with van der Waals surface area (Å²) in [5.41, 5.74) is 0.434. The van der Waals surface area contributed by atoms with Gasteiger partial charge in [0.15, 0.2) is 0 Å². The maximum Gasteiger partial charge on any atom is 0.337 e. The molecule has 6 nitrogen and oxygen atoms in total. The van der Waals surface area contributed by atoms with Crippen LogP contribution in [0.2, 0.25) is 0 Å². The predicted octanol–water partition coefficient (Wildman–Crippen LogP) is 3.99. The molecule has 7 heteroatoms. The Kier molecular flexibility index (Phi) is 7.46. The van der Waals surface area contributed by atoms with Gasteiger partial charge in [0.25, 0.3) is 0 Å². The number of sulfonamides is 1. The first-order valence-electron chi connectivity index (χ1n) is 9.49. The molecule has 1 aliphatic rings. The van der Waals surface area contributed by atoms with Crippen molar-refractivity contribution in [3.05, 3.63) is 23.8 Å². The zero-order valence-electron chi connectivity index (χ0n) is 15.6. The highest BCUT2D eigenvalue weighted by atomic mass is 32.2. The van der Waals surface area contributed by atoms with Crippen molar-refractivity contribution in [2.45, 2.75) is 82.2 Å². The number of benzene rings is 1. The molecule has 1 aromatic rings. The van der Waals surface area contributed by atoms with Gasteiger partial charge in [-0.25, -0.2) is 17.9 Å². The Morgan fingerprint density at radius 3 is 2.46 bits per heavy atom. The van der Waals surface area contributed by atoms with Gasteiger partial charge in [-0.2, -0.15) is 0 Å². The van der Waals surface area contributed by atoms with E-state index in [4.69, 9.17) is 0 Å². The Labute approximate surface area is 156 Å². The number of rotatable bonds is 8. The molecular formula is C19H30N2O4S. The first kappa shape index (κ1) is 20.7. The van der Waals surface area contributed by atoms with Gasteiger partial charge in [0.1, 0.15) is 0 Å². The molecule has 0 bridgehead atoms. The molecule has 0 heterocycles. The molecule has 1 saturated carbocycles. The SMILES string of the molecule is CCC[C@@H](C)Nc1ccc(S(=O)(=O)NC2CCCCCC2)cc1C(=O)O. The molecule has 146 valence electrons. The molecule has 0 aliphatic heterocycles. The maximum atomic E-state index is 12.7. The molecular weight excluding hydrogens is 352 g/mol. The Morgan fingerprint density at radius 1 is 1.23 bits per heavy atom. The lowest BCUT2D eigenvalue weighted by molar-refractivity contribution is 0.0697. The number of carboxylic acids is 1. The summed E-state index contributed by atoms with van der Waals surface area (Å²) in [5, 5.41) is 12.7. The third kappa shape index (κ3) is 5.71. The van der Waals surface area contributed by atoms with Gasteiger partial charge in [-0.05, 0) is 44.4 Å². The fraction of sp³-hybridized carbons (Fsp3) is 0.632. The summed E-state index contributed by atoms with van der Waals surface area (Å²) < 4.78 is 28.2. The van der Waals surface area contributed by atoms with Gasteiger partial charge < -0.3 is 10.4 Å². The molecule has 1 atom stereocenters. The minimum absolute atomic E-state index is 0.00726. The fourth-order valence-electron chi connectivity index (χ4n) is 3.45. The minimum Gasteiger partial charge on any atom is -0.478 e. The van der Waals surface area contributed by atoms with E-state index in [9.17, 15) is 18.3 Å². The van der Waals surface area contributed by atoms with Gasteiger partial charge in [0.2, 0.25) is 10.0 Å². The highest BCUT2D eigenvalue weighted by Gasteiger charge is 2.23. The number of hydrogen-bond donors (Lipinski definition) is 3. The van der Waals surface area contributed by atoms with E-state index in [-0.39, 0.29) is 22.5 Å². The van der Waals surface area contributed by atoms with Crippen molar-refractivity contribution >= 4 is 21.7 Å². The number of anilines is 1. The van der Waals surface area contributed by atoms with Crippen molar-refractivity contribution in [1.29, 1.82) is 0 Å². The molecule has 0 saturated heterocycles. The second-order valence-electron chi connectivity index (χ2n) is 7.16. The van der Waals surface area contributed by atoms with Crippen molar-refractivity contribution < 1.29 is 18.3 Å². The average Bonchev–Trinajstić information content (AvgIpc) is 2.83. The molecule has 0 amide bonds. The van der Waals surface area contributed by atoms with E-state index in [1.54, 1.807) is 6.07 Å². The minimum atomic E-state index is -3.73. The molecule has 1 fully saturated rings. The smallest absolute Gasteiger partial charge is 0.337 e. The third-order valence-electron chi connectivity index (χ3n) is 4.83. The van der Waals surface area contributed by atoms with Crippen LogP contribution in [-0.4, -0.2) is 31.6 Å². The highest BCUT2D eigenvalue weighted by Crippen LogP contribution is 2.24. The largest absolute Gasteiger partial charge is 0.478 e. The Bertz CT molecular complexity index is 710. The average molecular weight is 383 g/mol. The summed E-state index contributed by atoms with van der Waals surface area (Å²) in [5.74, 6) is -1.14. The van der Waals surface area contributed by atoms with Crippen LogP contribution in [0.15, 0.2) is 23.1 Å². The van der Waals surface area contributed by atoms with Crippen LogP contribution >= 0.6 is 0 Å². The number of carbonyl (C=O) groups is 1. The molecule has 2 rings (SSSR count). The number of carboxylic acid groups (broad SMARTS) is 1. The second-order valence-corrected chi connectivity index (χ2v) is 8.87. The molecule has 0 unspecified atom stereocenters. The van der Waals surface area contributed by atoms with E-state index in [2.05, 4.69) is 17.0 Å². The third-order valence-corrected chi connectivity index (χ3v) is 6.35. The summed E-state index contributed by atoms with van der Waals surface area (Å²) in [6.45, 7) is 4.04. The van der Waals surface area contributed by atoms with E-state index >= 15 is 0 Å². The van der Waals surface area contributed by atoms with Crippen LogP contribution in [0.25, 0.3) is 0 Å². The Morgan fingerprint density at radius 2 is 1.88 bits per heavy atom. The molecule has 1 aromatic carbocycles. The Hall–Kier alpha value is -1.60. The van der Waals surface area contributed by atoms with Gasteiger partial charge in [0.05, 0.1) is 10.5 Å². The summed E-state index contributed by atoms with van der Waals surface area (Å²) >= 11 is 0. The van der Waals surface area contributed by atoms with Crippen molar-refractivity contribution in [2.75, 3.05) is 5.32 Å². The molecule has 0 spiro atoms. The molecule has 26 heavy (non-hydrogen) atoms. The summed E-state index contributed by atoms with van der Waals surface area (Å²) in [7, 11) is -3.73. The van der Waals surface area contributed by atoms with Crippen molar-refractivity contribution in [1.82, 2.24) is 4.72 Å². The number of nitrogens with one attached hydrogen (secondary N) is 2. The lowest BCUT2D eigenvalue weighted by atomic mass is 10.1. The van der Waals surface area contributed by atoms with E-state index in [1.165, 1.54) is 12.1 Å². The standard InChI is InChI=1S/C19H30N2O4S/c1-3-8-14(2)20-18-12-11-16(13-17(18)19(22)23)26(24,25)21-15-9-6-4-5-7-10-15/h11-15,20-21H,3-10H2,1-2H3,(H,22,23)/t14-/m1/s1. The Balaban J connectivity index is 2.22. The van der Waals surface area contributed by atoms with Gasteiger partial charge in [-0.3, -0.25) is 0 Å². The monoisotopic (exact) mass is 382 g/mol. The van der Waals surface area contributed by atoms with Crippen LogP contribution in [0.5, 0.6) is 0 Å². The van der Waals surface area contributed by atoms with Crippen LogP contribution in [0.3, 0.4) is 0 Å². The zero-order valence-corrected chi connectivity index (χ0v) is 16.4. The van der Waals surface area contributed by atoms with Crippen LogP contribution in [0.4, 0.5) is 5.69 Å². The summed E-state index contributed by atoms with van der Waals surface area (Å²) in [4.78, 5) is 11.6. The first-order chi connectivity index (χ1) is 12.3. The maximum absolute atomic E-state index is 12.7. The lowest BCUT2D eigenvalue weighted by Gasteiger charge is -2.19. The molecule has 0 aromatic heterocycles. The van der Waals surface area contributed by atoms with Crippen LogP contribution in [0.1, 0.15) is 75.6 Å². The van der Waals surface area contributed by atoms with Gasteiger partial charge >= 0.3 is 5.97 Å². The quantitative estimate of drug-likeness (QED) is 0.591. The molecule has 3 N–H and O–H groups in total. The first-order valence-corrected chi connectivity index (χ1v) is 11.0. The van der Waals surface area contributed by atoms with E-state index in [1.807, 2.05) is 6.92 Å².